The third-order valence-electron chi connectivity index (χ3n) is 5.97. The third-order valence-corrected chi connectivity index (χ3v) is 5.97. The molecule has 4 heterocycles. The Labute approximate surface area is 174 Å². The molecule has 2 aromatic heterocycles. The maximum absolute atomic E-state index is 12.5. The first-order valence-electron chi connectivity index (χ1n) is 10.6. The molecule has 2 fully saturated rings. The first kappa shape index (κ1) is 19.3. The van der Waals surface area contributed by atoms with Crippen LogP contribution < -0.4 is 10.3 Å². The van der Waals surface area contributed by atoms with Crippen molar-refractivity contribution < 1.29 is 9.47 Å². The van der Waals surface area contributed by atoms with Gasteiger partial charge in [0.15, 0.2) is 5.52 Å². The summed E-state index contributed by atoms with van der Waals surface area (Å²) in [5, 5.41) is 4.70. The lowest BCUT2D eigenvalue weighted by atomic mass is 10.00. The average molecular weight is 409 g/mol. The molecule has 3 aromatic rings. The number of hydrogen-bond acceptors (Lipinski definition) is 6. The summed E-state index contributed by atoms with van der Waals surface area (Å²) < 4.78 is 13.1. The van der Waals surface area contributed by atoms with Crippen LogP contribution in [0, 0.1) is 12.8 Å². The molecule has 5 rings (SSSR count). The molecule has 2 saturated heterocycles. The fourth-order valence-electron chi connectivity index (χ4n) is 4.24. The normalized spacial score (nSPS) is 18.6. The highest BCUT2D eigenvalue weighted by atomic mass is 16.5. The first-order chi connectivity index (χ1) is 14.7. The van der Waals surface area contributed by atoms with E-state index < -0.39 is 0 Å². The van der Waals surface area contributed by atoms with Gasteiger partial charge in [-0.05, 0) is 31.9 Å². The van der Waals surface area contributed by atoms with E-state index in [1.54, 1.807) is 10.7 Å². The summed E-state index contributed by atoms with van der Waals surface area (Å²) in [4.78, 5) is 22.2. The summed E-state index contributed by atoms with van der Waals surface area (Å²) in [5.41, 5.74) is 1.60. The third kappa shape index (κ3) is 3.97. The predicted molar refractivity (Wildman–Crippen MR) is 112 cm³/mol. The van der Waals surface area contributed by atoms with Crippen molar-refractivity contribution in [1.29, 1.82) is 0 Å². The zero-order valence-electron chi connectivity index (χ0n) is 17.2. The van der Waals surface area contributed by atoms with Crippen molar-refractivity contribution in [2.45, 2.75) is 32.2 Å². The SMILES string of the molecule is Cc1ccc(OCC2CN(Cc3nn4c(C5CCOCC5)ncc4c(=O)[nH]3)C2)cc1. The lowest BCUT2D eigenvalue weighted by Gasteiger charge is -2.38. The van der Waals surface area contributed by atoms with Crippen LogP contribution >= 0.6 is 0 Å². The van der Waals surface area contributed by atoms with Crippen LogP contribution in [0.2, 0.25) is 0 Å². The van der Waals surface area contributed by atoms with E-state index in [1.807, 2.05) is 12.1 Å². The number of ether oxygens (including phenoxy) is 2. The fourth-order valence-corrected chi connectivity index (χ4v) is 4.24. The Bertz CT molecular complexity index is 1060. The molecule has 0 unspecified atom stereocenters. The van der Waals surface area contributed by atoms with Gasteiger partial charge in [-0.3, -0.25) is 9.69 Å². The zero-order valence-corrected chi connectivity index (χ0v) is 17.2. The maximum Gasteiger partial charge on any atom is 0.276 e. The summed E-state index contributed by atoms with van der Waals surface area (Å²) >= 11 is 0. The van der Waals surface area contributed by atoms with E-state index in [0.717, 1.165) is 50.7 Å². The van der Waals surface area contributed by atoms with Crippen LogP contribution in [0.1, 0.15) is 36.0 Å². The number of hydrogen-bond donors (Lipinski definition) is 1. The highest BCUT2D eigenvalue weighted by Gasteiger charge is 2.28. The Hall–Kier alpha value is -2.71. The summed E-state index contributed by atoms with van der Waals surface area (Å²) in [5.74, 6) is 3.24. The zero-order chi connectivity index (χ0) is 20.5. The summed E-state index contributed by atoms with van der Waals surface area (Å²) in [6.07, 6.45) is 3.46. The number of H-pyrrole nitrogens is 1. The number of nitrogens with zero attached hydrogens (tertiary/aromatic N) is 4. The highest BCUT2D eigenvalue weighted by Crippen LogP contribution is 2.25. The molecule has 8 heteroatoms. The number of imidazole rings is 1. The van der Waals surface area contributed by atoms with E-state index in [4.69, 9.17) is 14.6 Å². The number of aromatic nitrogens is 4. The van der Waals surface area contributed by atoms with Crippen molar-refractivity contribution in [2.24, 2.45) is 5.92 Å². The van der Waals surface area contributed by atoms with E-state index in [9.17, 15) is 4.79 Å². The number of aromatic amines is 1. The molecule has 0 spiro atoms. The van der Waals surface area contributed by atoms with Crippen molar-refractivity contribution >= 4 is 5.52 Å². The van der Waals surface area contributed by atoms with Gasteiger partial charge in [-0.2, -0.15) is 5.10 Å². The standard InChI is InChI=1S/C22H27N5O3/c1-15-2-4-18(5-3-15)30-14-16-11-26(12-16)13-20-24-22(28)19-10-23-21(27(19)25-20)17-6-8-29-9-7-17/h2-5,10,16-17H,6-9,11-14H2,1H3,(H,24,25,28). The molecule has 0 amide bonds. The molecule has 30 heavy (non-hydrogen) atoms. The second-order valence-corrected chi connectivity index (χ2v) is 8.39. The molecule has 158 valence electrons. The van der Waals surface area contributed by atoms with E-state index in [1.165, 1.54) is 5.56 Å². The minimum atomic E-state index is -0.134. The largest absolute Gasteiger partial charge is 0.493 e. The molecule has 0 aliphatic carbocycles. The summed E-state index contributed by atoms with van der Waals surface area (Å²) in [7, 11) is 0. The quantitative estimate of drug-likeness (QED) is 0.671. The van der Waals surface area contributed by atoms with E-state index >= 15 is 0 Å². The lowest BCUT2D eigenvalue weighted by molar-refractivity contribution is 0.0532. The molecule has 0 atom stereocenters. The van der Waals surface area contributed by atoms with Crippen LogP contribution in [0.25, 0.3) is 5.52 Å². The van der Waals surface area contributed by atoms with E-state index in [-0.39, 0.29) is 11.5 Å². The molecule has 1 N–H and O–H groups in total. The van der Waals surface area contributed by atoms with Gasteiger partial charge in [-0.15, -0.1) is 0 Å². The Balaban J connectivity index is 1.21. The Morgan fingerprint density at radius 1 is 1.20 bits per heavy atom. The molecule has 1 aromatic carbocycles. The number of likely N-dealkylation sites (tertiary alicyclic amines) is 1. The predicted octanol–water partition coefficient (Wildman–Crippen LogP) is 2.13. The van der Waals surface area contributed by atoms with Gasteiger partial charge >= 0.3 is 0 Å². The molecule has 0 saturated carbocycles. The smallest absolute Gasteiger partial charge is 0.276 e. The second-order valence-electron chi connectivity index (χ2n) is 8.39. The Kier molecular flexibility index (Phi) is 5.26. The molecule has 0 radical (unpaired) electrons. The number of rotatable bonds is 6. The monoisotopic (exact) mass is 409 g/mol. The van der Waals surface area contributed by atoms with Gasteiger partial charge in [0.1, 0.15) is 17.4 Å². The first-order valence-corrected chi connectivity index (χ1v) is 10.6. The van der Waals surface area contributed by atoms with Gasteiger partial charge in [-0.1, -0.05) is 17.7 Å². The van der Waals surface area contributed by atoms with Gasteiger partial charge in [-0.25, -0.2) is 9.50 Å². The molecule has 0 bridgehead atoms. The Morgan fingerprint density at radius 3 is 2.73 bits per heavy atom. The van der Waals surface area contributed by atoms with Crippen molar-refractivity contribution in [3.05, 3.63) is 58.0 Å². The minimum absolute atomic E-state index is 0.134. The van der Waals surface area contributed by atoms with Crippen molar-refractivity contribution in [3.63, 3.8) is 0 Å². The number of aryl methyl sites for hydroxylation is 1. The molecular weight excluding hydrogens is 382 g/mol. The topological polar surface area (TPSA) is 84.8 Å². The van der Waals surface area contributed by atoms with Crippen LogP contribution in [0.3, 0.4) is 0 Å². The van der Waals surface area contributed by atoms with Crippen LogP contribution in [-0.2, 0) is 11.3 Å². The van der Waals surface area contributed by atoms with Crippen molar-refractivity contribution in [2.75, 3.05) is 32.9 Å². The van der Waals surface area contributed by atoms with Crippen LogP contribution in [0.4, 0.5) is 0 Å². The van der Waals surface area contributed by atoms with Crippen molar-refractivity contribution in [1.82, 2.24) is 24.5 Å². The minimum Gasteiger partial charge on any atom is -0.493 e. The number of benzene rings is 1. The van der Waals surface area contributed by atoms with Gasteiger partial charge in [0.05, 0.1) is 19.3 Å². The highest BCUT2D eigenvalue weighted by molar-refractivity contribution is 5.42. The van der Waals surface area contributed by atoms with Gasteiger partial charge in [0.2, 0.25) is 0 Å². The average Bonchev–Trinajstić information content (AvgIpc) is 3.16. The van der Waals surface area contributed by atoms with Crippen molar-refractivity contribution in [3.8, 4) is 5.75 Å². The van der Waals surface area contributed by atoms with Gasteiger partial charge in [0.25, 0.3) is 5.56 Å². The van der Waals surface area contributed by atoms with Crippen LogP contribution in [-0.4, -0.2) is 57.4 Å². The summed E-state index contributed by atoms with van der Waals surface area (Å²) in [6, 6.07) is 8.14. The Morgan fingerprint density at radius 2 is 1.97 bits per heavy atom. The van der Waals surface area contributed by atoms with E-state index in [2.05, 4.69) is 33.9 Å². The number of fused-ring (bicyclic) bond motifs is 1. The fraction of sp³-hybridized carbons (Fsp3) is 0.500. The molecule has 8 nitrogen and oxygen atoms in total. The van der Waals surface area contributed by atoms with Gasteiger partial charge < -0.3 is 14.5 Å². The van der Waals surface area contributed by atoms with Crippen LogP contribution in [0.15, 0.2) is 35.3 Å². The van der Waals surface area contributed by atoms with Gasteiger partial charge in [0, 0.05) is 38.1 Å². The second kappa shape index (κ2) is 8.20. The molecule has 2 aliphatic rings. The summed E-state index contributed by atoms with van der Waals surface area (Å²) in [6.45, 7) is 6.73. The van der Waals surface area contributed by atoms with Crippen LogP contribution in [0.5, 0.6) is 5.75 Å². The molecular formula is C22H27N5O3. The molecule has 2 aliphatic heterocycles. The lowest BCUT2D eigenvalue weighted by Crippen LogP contribution is -2.48. The number of nitrogens with one attached hydrogen (secondary N) is 1. The van der Waals surface area contributed by atoms with E-state index in [0.29, 0.717) is 30.4 Å². The maximum atomic E-state index is 12.5.